The van der Waals surface area contributed by atoms with Gasteiger partial charge >= 0.3 is 0 Å². The van der Waals surface area contributed by atoms with Crippen molar-refractivity contribution in [3.8, 4) is 5.75 Å². The Hall–Kier alpha value is -1.45. The first kappa shape index (κ1) is 14.9. The fourth-order valence-electron chi connectivity index (χ4n) is 2.74. The lowest BCUT2D eigenvalue weighted by atomic mass is 9.82. The van der Waals surface area contributed by atoms with Crippen LogP contribution in [0.2, 0.25) is 0 Å². The van der Waals surface area contributed by atoms with Crippen molar-refractivity contribution in [3.05, 3.63) is 29.3 Å². The number of halogens is 2. The molecule has 0 aromatic heterocycles. The molecule has 0 atom stereocenters. The third kappa shape index (κ3) is 3.56. The molecule has 0 radical (unpaired) electrons. The number of hydrogen-bond acceptors (Lipinski definition) is 2. The summed E-state index contributed by atoms with van der Waals surface area (Å²) in [5.41, 5.74) is 1.90. The van der Waals surface area contributed by atoms with Crippen LogP contribution in [-0.4, -0.2) is 18.8 Å². The van der Waals surface area contributed by atoms with Gasteiger partial charge in [-0.15, -0.1) is 0 Å². The Morgan fingerprint density at radius 3 is 2.60 bits per heavy atom. The Labute approximate surface area is 118 Å². The van der Waals surface area contributed by atoms with Crippen LogP contribution >= 0.6 is 0 Å². The number of ether oxygens (including phenoxy) is 1. The molecular formula is C16H20F2O2. The van der Waals surface area contributed by atoms with Crippen molar-refractivity contribution in [1.82, 2.24) is 0 Å². The van der Waals surface area contributed by atoms with Gasteiger partial charge in [-0.25, -0.2) is 8.78 Å². The first-order valence-corrected chi connectivity index (χ1v) is 6.95. The lowest BCUT2D eigenvalue weighted by Crippen LogP contribution is -2.29. The Bertz CT molecular complexity index is 487. The second kappa shape index (κ2) is 5.90. The number of carbonyl (C=O) groups is 1. The molecule has 110 valence electrons. The van der Waals surface area contributed by atoms with Gasteiger partial charge < -0.3 is 4.74 Å². The van der Waals surface area contributed by atoms with Crippen LogP contribution in [0.15, 0.2) is 18.2 Å². The van der Waals surface area contributed by atoms with Crippen molar-refractivity contribution in [3.63, 3.8) is 0 Å². The number of alkyl halides is 2. The fraction of sp³-hybridized carbons (Fsp3) is 0.562. The van der Waals surface area contributed by atoms with E-state index in [0.29, 0.717) is 18.6 Å². The van der Waals surface area contributed by atoms with Crippen molar-refractivity contribution in [1.29, 1.82) is 0 Å². The highest BCUT2D eigenvalue weighted by molar-refractivity contribution is 5.84. The van der Waals surface area contributed by atoms with Crippen molar-refractivity contribution in [2.45, 2.75) is 45.0 Å². The summed E-state index contributed by atoms with van der Waals surface area (Å²) >= 11 is 0. The van der Waals surface area contributed by atoms with Gasteiger partial charge in [-0.2, -0.15) is 0 Å². The molecule has 0 spiro atoms. The molecule has 4 heteroatoms. The predicted octanol–water partition coefficient (Wildman–Crippen LogP) is 3.94. The molecule has 0 heterocycles. The third-order valence-corrected chi connectivity index (χ3v) is 3.97. The maximum absolute atomic E-state index is 13.1. The van der Waals surface area contributed by atoms with E-state index in [1.165, 1.54) is 0 Å². The highest BCUT2D eigenvalue weighted by Gasteiger charge is 2.37. The van der Waals surface area contributed by atoms with E-state index in [0.717, 1.165) is 11.1 Å². The number of hydrogen-bond donors (Lipinski definition) is 0. The van der Waals surface area contributed by atoms with Gasteiger partial charge in [0.15, 0.2) is 0 Å². The Morgan fingerprint density at radius 2 is 2.00 bits per heavy atom. The summed E-state index contributed by atoms with van der Waals surface area (Å²) in [6.07, 6.45) is 0.504. The molecule has 0 saturated heterocycles. The van der Waals surface area contributed by atoms with Gasteiger partial charge in [0.05, 0.1) is 7.11 Å². The van der Waals surface area contributed by atoms with Crippen molar-refractivity contribution >= 4 is 5.78 Å². The number of aryl methyl sites for hydroxylation is 1. The number of methoxy groups -OCH3 is 1. The van der Waals surface area contributed by atoms with Crippen LogP contribution in [0.4, 0.5) is 8.78 Å². The molecule has 1 aromatic rings. The average molecular weight is 282 g/mol. The minimum absolute atomic E-state index is 0.0457. The standard InChI is InChI=1S/C16H20F2O2/c1-11-3-4-15(20-2)13(9-11)10-14(19)12-5-7-16(17,18)8-6-12/h3-4,9,12H,5-8,10H2,1-2H3. The van der Waals surface area contributed by atoms with Gasteiger partial charge in [0.25, 0.3) is 0 Å². The molecule has 0 amide bonds. The second-order valence-electron chi connectivity index (χ2n) is 5.59. The molecule has 1 fully saturated rings. The molecule has 0 bridgehead atoms. The quantitative estimate of drug-likeness (QED) is 0.836. The van der Waals surface area contributed by atoms with Gasteiger partial charge in [0.1, 0.15) is 11.5 Å². The minimum atomic E-state index is -2.59. The number of carbonyl (C=O) groups excluding carboxylic acids is 1. The zero-order chi connectivity index (χ0) is 14.8. The van der Waals surface area contributed by atoms with Crippen LogP contribution in [0.25, 0.3) is 0 Å². The highest BCUT2D eigenvalue weighted by atomic mass is 19.3. The van der Waals surface area contributed by atoms with Crippen LogP contribution in [0.5, 0.6) is 5.75 Å². The maximum Gasteiger partial charge on any atom is 0.248 e. The Kier molecular flexibility index (Phi) is 4.41. The molecule has 1 aliphatic rings. The first-order chi connectivity index (χ1) is 9.41. The monoisotopic (exact) mass is 282 g/mol. The molecule has 2 rings (SSSR count). The molecule has 1 aromatic carbocycles. The molecule has 1 saturated carbocycles. The molecular weight excluding hydrogens is 262 g/mol. The topological polar surface area (TPSA) is 26.3 Å². The molecule has 0 aliphatic heterocycles. The first-order valence-electron chi connectivity index (χ1n) is 6.95. The summed E-state index contributed by atoms with van der Waals surface area (Å²) in [6, 6.07) is 5.69. The van der Waals surface area contributed by atoms with Crippen LogP contribution in [0.1, 0.15) is 36.8 Å². The van der Waals surface area contributed by atoms with Crippen molar-refractivity contribution in [2.24, 2.45) is 5.92 Å². The lowest BCUT2D eigenvalue weighted by Gasteiger charge is -2.27. The van der Waals surface area contributed by atoms with E-state index in [2.05, 4.69) is 0 Å². The molecule has 1 aliphatic carbocycles. The SMILES string of the molecule is COc1ccc(C)cc1CC(=O)C1CCC(F)(F)CC1. The predicted molar refractivity (Wildman–Crippen MR) is 73.3 cm³/mol. The van der Waals surface area contributed by atoms with E-state index in [-0.39, 0.29) is 31.0 Å². The zero-order valence-corrected chi connectivity index (χ0v) is 11.9. The highest BCUT2D eigenvalue weighted by Crippen LogP contribution is 2.37. The maximum atomic E-state index is 13.1. The van der Waals surface area contributed by atoms with Crippen molar-refractivity contribution < 1.29 is 18.3 Å². The Balaban J connectivity index is 2.03. The second-order valence-corrected chi connectivity index (χ2v) is 5.59. The summed E-state index contributed by atoms with van der Waals surface area (Å²) in [6.45, 7) is 1.95. The molecule has 0 unspecified atom stereocenters. The van der Waals surface area contributed by atoms with E-state index >= 15 is 0 Å². The third-order valence-electron chi connectivity index (χ3n) is 3.97. The smallest absolute Gasteiger partial charge is 0.248 e. The van der Waals surface area contributed by atoms with Gasteiger partial charge in [-0.1, -0.05) is 17.7 Å². The van der Waals surface area contributed by atoms with Gasteiger partial charge in [0, 0.05) is 30.7 Å². The largest absolute Gasteiger partial charge is 0.496 e. The number of benzene rings is 1. The molecule has 20 heavy (non-hydrogen) atoms. The summed E-state index contributed by atoms with van der Waals surface area (Å²) in [5.74, 6) is -2.09. The number of Topliss-reactive ketones (excluding diaryl/α,β-unsaturated/α-hetero) is 1. The Morgan fingerprint density at radius 1 is 1.35 bits per heavy atom. The van der Waals surface area contributed by atoms with Gasteiger partial charge in [-0.05, 0) is 25.8 Å². The van der Waals surface area contributed by atoms with E-state index < -0.39 is 5.92 Å². The summed E-state index contributed by atoms with van der Waals surface area (Å²) < 4.78 is 31.5. The number of rotatable bonds is 4. The van der Waals surface area contributed by atoms with E-state index in [4.69, 9.17) is 4.74 Å². The lowest BCUT2D eigenvalue weighted by molar-refractivity contribution is -0.126. The zero-order valence-electron chi connectivity index (χ0n) is 11.9. The summed E-state index contributed by atoms with van der Waals surface area (Å²) in [5, 5.41) is 0. The van der Waals surface area contributed by atoms with Gasteiger partial charge in [0.2, 0.25) is 5.92 Å². The fourth-order valence-corrected chi connectivity index (χ4v) is 2.74. The number of ketones is 1. The summed E-state index contributed by atoms with van der Waals surface area (Å²) in [4.78, 5) is 12.3. The molecule has 0 N–H and O–H groups in total. The average Bonchev–Trinajstić information content (AvgIpc) is 2.38. The van der Waals surface area contributed by atoms with Crippen LogP contribution in [0.3, 0.4) is 0 Å². The molecule has 2 nitrogen and oxygen atoms in total. The van der Waals surface area contributed by atoms with Crippen LogP contribution < -0.4 is 4.74 Å². The van der Waals surface area contributed by atoms with E-state index in [1.54, 1.807) is 7.11 Å². The summed E-state index contributed by atoms with van der Waals surface area (Å²) in [7, 11) is 1.57. The van der Waals surface area contributed by atoms with Crippen LogP contribution in [-0.2, 0) is 11.2 Å². The van der Waals surface area contributed by atoms with Crippen LogP contribution in [0, 0.1) is 12.8 Å². The minimum Gasteiger partial charge on any atom is -0.496 e. The normalized spacial score (nSPS) is 18.8. The van der Waals surface area contributed by atoms with E-state index in [1.807, 2.05) is 25.1 Å². The van der Waals surface area contributed by atoms with Crippen molar-refractivity contribution in [2.75, 3.05) is 7.11 Å². The van der Waals surface area contributed by atoms with E-state index in [9.17, 15) is 13.6 Å². The van der Waals surface area contributed by atoms with Gasteiger partial charge in [-0.3, -0.25) is 4.79 Å².